The van der Waals surface area contributed by atoms with Gasteiger partial charge >= 0.3 is 0 Å². The van der Waals surface area contributed by atoms with Gasteiger partial charge in [0, 0.05) is 33.1 Å². The van der Waals surface area contributed by atoms with E-state index >= 15 is 0 Å². The third-order valence-corrected chi connectivity index (χ3v) is 8.05. The number of amides is 1. The van der Waals surface area contributed by atoms with Crippen LogP contribution in [0, 0.1) is 5.92 Å². The predicted octanol–water partition coefficient (Wildman–Crippen LogP) is 2.65. The number of nitrogens with one attached hydrogen (secondary N) is 1. The molecule has 1 N–H and O–H groups in total. The highest BCUT2D eigenvalue weighted by atomic mass is 32.2. The minimum Gasteiger partial charge on any atom is -0.349 e. The van der Waals surface area contributed by atoms with Crippen molar-refractivity contribution in [1.29, 1.82) is 0 Å². The minimum absolute atomic E-state index is 0.0169. The van der Waals surface area contributed by atoms with Gasteiger partial charge in [-0.2, -0.15) is 17.0 Å². The van der Waals surface area contributed by atoms with Gasteiger partial charge in [0.15, 0.2) is 0 Å². The smallest absolute Gasteiger partial charge is 0.281 e. The fraction of sp³-hybridized carbons (Fsp3) is 0.667. The van der Waals surface area contributed by atoms with E-state index in [2.05, 4.69) is 30.4 Å². The molecule has 2 aliphatic rings. The predicted molar refractivity (Wildman–Crippen MR) is 111 cm³/mol. The van der Waals surface area contributed by atoms with Gasteiger partial charge in [-0.15, -0.1) is 0 Å². The van der Waals surface area contributed by atoms with E-state index in [1.165, 1.54) is 38.1 Å². The summed E-state index contributed by atoms with van der Waals surface area (Å²) in [6.07, 6.45) is 6.79. The Kier molecular flexibility index (Phi) is 6.78. The highest BCUT2D eigenvalue weighted by Gasteiger charge is 2.32. The van der Waals surface area contributed by atoms with Gasteiger partial charge in [-0.25, -0.2) is 0 Å². The number of carbonyl (C=O) groups excluding carboxylic acids is 1. The first-order chi connectivity index (χ1) is 13.3. The van der Waals surface area contributed by atoms with Gasteiger partial charge in [0.2, 0.25) is 5.91 Å². The molecule has 1 saturated heterocycles. The lowest BCUT2D eigenvalue weighted by atomic mass is 9.88. The molecule has 1 aromatic rings. The van der Waals surface area contributed by atoms with Crippen molar-refractivity contribution in [3.8, 4) is 0 Å². The lowest BCUT2D eigenvalue weighted by Crippen LogP contribution is -2.47. The summed E-state index contributed by atoms with van der Waals surface area (Å²) in [7, 11) is -0.313. The Balaban J connectivity index is 1.61. The number of fused-ring (bicyclic) bond motifs is 1. The van der Waals surface area contributed by atoms with Crippen LogP contribution in [-0.2, 0) is 27.8 Å². The summed E-state index contributed by atoms with van der Waals surface area (Å²) in [5.41, 5.74) is 4.06. The SMILES string of the molecule is CCC(NC(=O)C1CCN(S(=O)(=O)N(C)C)CC1)c1ccc2c(c1)CCCC2. The molecule has 1 atom stereocenters. The molecular weight excluding hydrogens is 374 g/mol. The van der Waals surface area contributed by atoms with Crippen LogP contribution in [-0.4, -0.2) is 50.1 Å². The van der Waals surface area contributed by atoms with Gasteiger partial charge in [0.05, 0.1) is 6.04 Å². The van der Waals surface area contributed by atoms with E-state index in [4.69, 9.17) is 0 Å². The Hall–Kier alpha value is -1.44. The standard InChI is InChI=1S/C21H33N3O3S/c1-4-20(19-10-9-16-7-5-6-8-18(16)15-19)22-21(25)17-11-13-24(14-12-17)28(26,27)23(2)3/h9-10,15,17,20H,4-8,11-14H2,1-3H3,(H,22,25). The van der Waals surface area contributed by atoms with Crippen LogP contribution in [0.3, 0.4) is 0 Å². The number of hydrogen-bond acceptors (Lipinski definition) is 3. The average molecular weight is 408 g/mol. The molecule has 6 nitrogen and oxygen atoms in total. The molecule has 1 amide bonds. The molecule has 0 bridgehead atoms. The number of aryl methyl sites for hydroxylation is 2. The summed E-state index contributed by atoms with van der Waals surface area (Å²) < 4.78 is 27.2. The average Bonchev–Trinajstić information content (AvgIpc) is 2.71. The molecule has 7 heteroatoms. The van der Waals surface area contributed by atoms with Crippen LogP contribution in [0.1, 0.15) is 61.8 Å². The topological polar surface area (TPSA) is 69.7 Å². The molecular formula is C21H33N3O3S. The van der Waals surface area contributed by atoms with Crippen molar-refractivity contribution in [2.24, 2.45) is 5.92 Å². The van der Waals surface area contributed by atoms with E-state index < -0.39 is 10.2 Å². The number of hydrogen-bond donors (Lipinski definition) is 1. The van der Waals surface area contributed by atoms with Gasteiger partial charge in [0.25, 0.3) is 10.2 Å². The molecule has 1 aliphatic heterocycles. The number of benzene rings is 1. The van der Waals surface area contributed by atoms with Crippen molar-refractivity contribution in [2.75, 3.05) is 27.2 Å². The molecule has 0 saturated carbocycles. The van der Waals surface area contributed by atoms with Crippen molar-refractivity contribution < 1.29 is 13.2 Å². The monoisotopic (exact) mass is 407 g/mol. The van der Waals surface area contributed by atoms with Crippen molar-refractivity contribution in [2.45, 2.75) is 57.9 Å². The third-order valence-electron chi connectivity index (χ3n) is 6.11. The molecule has 0 aromatic heterocycles. The Labute approximate surface area is 169 Å². The maximum Gasteiger partial charge on any atom is 0.281 e. The second kappa shape index (κ2) is 8.93. The highest BCUT2D eigenvalue weighted by molar-refractivity contribution is 7.86. The molecule has 1 aliphatic carbocycles. The lowest BCUT2D eigenvalue weighted by molar-refractivity contribution is -0.126. The minimum atomic E-state index is -3.39. The maximum atomic E-state index is 12.8. The van der Waals surface area contributed by atoms with E-state index in [1.807, 2.05) is 0 Å². The number of rotatable bonds is 6. The second-order valence-electron chi connectivity index (χ2n) is 8.17. The van der Waals surface area contributed by atoms with Gasteiger partial charge in [-0.1, -0.05) is 25.1 Å². The molecule has 28 heavy (non-hydrogen) atoms. The largest absolute Gasteiger partial charge is 0.349 e. The van der Waals surface area contributed by atoms with E-state index in [0.717, 1.165) is 19.3 Å². The van der Waals surface area contributed by atoms with E-state index in [9.17, 15) is 13.2 Å². The first-order valence-electron chi connectivity index (χ1n) is 10.4. The number of carbonyl (C=O) groups is 1. The summed E-state index contributed by atoms with van der Waals surface area (Å²) in [5, 5.41) is 3.22. The first kappa shape index (κ1) is 21.3. The van der Waals surface area contributed by atoms with Crippen molar-refractivity contribution in [1.82, 2.24) is 13.9 Å². The first-order valence-corrected chi connectivity index (χ1v) is 11.8. The normalized spacial score (nSPS) is 20.0. The second-order valence-corrected chi connectivity index (χ2v) is 10.3. The van der Waals surface area contributed by atoms with Crippen LogP contribution in [0.5, 0.6) is 0 Å². The lowest BCUT2D eigenvalue weighted by Gasteiger charge is -2.33. The summed E-state index contributed by atoms with van der Waals surface area (Å²) >= 11 is 0. The van der Waals surface area contributed by atoms with Gasteiger partial charge in [0.1, 0.15) is 0 Å². The van der Waals surface area contributed by atoms with Crippen molar-refractivity contribution in [3.63, 3.8) is 0 Å². The molecule has 1 fully saturated rings. The van der Waals surface area contributed by atoms with E-state index in [0.29, 0.717) is 25.9 Å². The number of nitrogens with zero attached hydrogens (tertiary/aromatic N) is 2. The highest BCUT2D eigenvalue weighted by Crippen LogP contribution is 2.27. The molecule has 3 rings (SSSR count). The van der Waals surface area contributed by atoms with Crippen LogP contribution in [0.25, 0.3) is 0 Å². The van der Waals surface area contributed by atoms with Gasteiger partial charge in [-0.05, 0) is 61.6 Å². The Morgan fingerprint density at radius 2 is 1.82 bits per heavy atom. The molecule has 0 radical (unpaired) electrons. The Morgan fingerprint density at radius 1 is 1.18 bits per heavy atom. The van der Waals surface area contributed by atoms with Crippen LogP contribution >= 0.6 is 0 Å². The van der Waals surface area contributed by atoms with Gasteiger partial charge in [-0.3, -0.25) is 4.79 Å². The van der Waals surface area contributed by atoms with Crippen LogP contribution in [0.4, 0.5) is 0 Å². The maximum absolute atomic E-state index is 12.8. The van der Waals surface area contributed by atoms with E-state index in [1.54, 1.807) is 14.1 Å². The van der Waals surface area contributed by atoms with Gasteiger partial charge < -0.3 is 5.32 Å². The molecule has 0 spiro atoms. The zero-order valence-corrected chi connectivity index (χ0v) is 18.1. The van der Waals surface area contributed by atoms with Crippen molar-refractivity contribution >= 4 is 16.1 Å². The third kappa shape index (κ3) is 4.58. The van der Waals surface area contributed by atoms with E-state index in [-0.39, 0.29) is 17.9 Å². The quantitative estimate of drug-likeness (QED) is 0.788. The molecule has 1 unspecified atom stereocenters. The fourth-order valence-electron chi connectivity index (χ4n) is 4.26. The number of piperidine rings is 1. The summed E-state index contributed by atoms with van der Waals surface area (Å²) in [6.45, 7) is 2.89. The Morgan fingerprint density at radius 3 is 2.43 bits per heavy atom. The fourth-order valence-corrected chi connectivity index (χ4v) is 5.39. The molecule has 1 heterocycles. The van der Waals surface area contributed by atoms with Crippen LogP contribution in [0.15, 0.2) is 18.2 Å². The Bertz CT molecular complexity index is 799. The zero-order chi connectivity index (χ0) is 20.3. The summed E-state index contributed by atoms with van der Waals surface area (Å²) in [6, 6.07) is 6.67. The van der Waals surface area contributed by atoms with Crippen molar-refractivity contribution in [3.05, 3.63) is 34.9 Å². The zero-order valence-electron chi connectivity index (χ0n) is 17.3. The van der Waals surface area contributed by atoms with Crippen LogP contribution < -0.4 is 5.32 Å². The van der Waals surface area contributed by atoms with Crippen LogP contribution in [0.2, 0.25) is 0 Å². The molecule has 1 aromatic carbocycles. The summed E-state index contributed by atoms with van der Waals surface area (Å²) in [5.74, 6) is -0.0771. The molecule has 156 valence electrons. The summed E-state index contributed by atoms with van der Waals surface area (Å²) in [4.78, 5) is 12.8.